The number of aromatic carboxylic acids is 1. The molecule has 0 aromatic carbocycles. The van der Waals surface area contributed by atoms with Gasteiger partial charge < -0.3 is 20.5 Å². The highest BCUT2D eigenvalue weighted by Gasteiger charge is 2.21. The Morgan fingerprint density at radius 2 is 1.91 bits per heavy atom. The molecule has 0 bridgehead atoms. The lowest BCUT2D eigenvalue weighted by atomic mass is 10.2. The van der Waals surface area contributed by atoms with Crippen molar-refractivity contribution < 1.29 is 24.2 Å². The number of hydrogen-bond donors (Lipinski definition) is 3. The zero-order valence-electron chi connectivity index (χ0n) is 13.5. The molecule has 2 amide bonds. The van der Waals surface area contributed by atoms with E-state index >= 15 is 0 Å². The van der Waals surface area contributed by atoms with Gasteiger partial charge in [0.25, 0.3) is 0 Å². The summed E-state index contributed by atoms with van der Waals surface area (Å²) >= 11 is 0. The maximum atomic E-state index is 11.7. The van der Waals surface area contributed by atoms with Gasteiger partial charge in [-0.3, -0.25) is 4.79 Å². The van der Waals surface area contributed by atoms with Crippen LogP contribution >= 0.6 is 0 Å². The van der Waals surface area contributed by atoms with Crippen LogP contribution in [0.15, 0.2) is 0 Å². The fraction of sp³-hybridized carbons (Fsp3) is 0.615. The van der Waals surface area contributed by atoms with Gasteiger partial charge in [-0.1, -0.05) is 5.21 Å². The molecule has 0 saturated carbocycles. The van der Waals surface area contributed by atoms with Crippen LogP contribution in [0.4, 0.5) is 4.79 Å². The van der Waals surface area contributed by atoms with Crippen LogP contribution in [-0.4, -0.2) is 50.2 Å². The number of hydrogen-bond acceptors (Lipinski definition) is 6. The first-order chi connectivity index (χ1) is 10.6. The van der Waals surface area contributed by atoms with E-state index in [0.717, 1.165) is 0 Å². The molecule has 0 spiro atoms. The SMILES string of the molecule is CC(=O)NCCn1nnc(C(=O)O)c1CNC(=O)OC(C)(C)C. The molecule has 0 aliphatic rings. The van der Waals surface area contributed by atoms with E-state index in [1.807, 2.05) is 0 Å². The van der Waals surface area contributed by atoms with Gasteiger partial charge in [0.15, 0.2) is 5.69 Å². The molecule has 0 fully saturated rings. The highest BCUT2D eigenvalue weighted by molar-refractivity contribution is 5.86. The number of carbonyl (C=O) groups is 3. The van der Waals surface area contributed by atoms with Crippen LogP contribution in [0.5, 0.6) is 0 Å². The summed E-state index contributed by atoms with van der Waals surface area (Å²) in [6.45, 7) is 6.90. The number of rotatable bonds is 6. The molecular formula is C13H21N5O5. The molecule has 0 aliphatic carbocycles. The molecule has 0 saturated heterocycles. The second-order valence-electron chi connectivity index (χ2n) is 5.75. The molecule has 0 atom stereocenters. The molecule has 10 heteroatoms. The Kier molecular flexibility index (Phi) is 6.05. The topological polar surface area (TPSA) is 135 Å². The lowest BCUT2D eigenvalue weighted by Crippen LogP contribution is -2.33. The summed E-state index contributed by atoms with van der Waals surface area (Å²) in [5, 5.41) is 21.5. The summed E-state index contributed by atoms with van der Waals surface area (Å²) in [6.07, 6.45) is -0.677. The minimum absolute atomic E-state index is 0.108. The maximum Gasteiger partial charge on any atom is 0.407 e. The average molecular weight is 327 g/mol. The number of carboxylic acid groups (broad SMARTS) is 1. The molecule has 1 heterocycles. The molecule has 0 aliphatic heterocycles. The number of aromatic nitrogens is 3. The summed E-state index contributed by atoms with van der Waals surface area (Å²) in [4.78, 5) is 33.7. The van der Waals surface area contributed by atoms with E-state index in [9.17, 15) is 14.4 Å². The smallest absolute Gasteiger partial charge is 0.407 e. The van der Waals surface area contributed by atoms with Crippen LogP contribution in [0.3, 0.4) is 0 Å². The standard InChI is InChI=1S/C13H21N5O5/c1-8(19)14-5-6-18-9(10(11(20)21)16-17-18)7-15-12(22)23-13(2,3)4/h5-7H2,1-4H3,(H,14,19)(H,15,22)(H,20,21). The van der Waals surface area contributed by atoms with Crippen LogP contribution in [0.1, 0.15) is 43.9 Å². The maximum absolute atomic E-state index is 11.7. The number of carboxylic acids is 1. The van der Waals surface area contributed by atoms with Crippen LogP contribution in [0.25, 0.3) is 0 Å². The van der Waals surface area contributed by atoms with Gasteiger partial charge >= 0.3 is 12.1 Å². The van der Waals surface area contributed by atoms with E-state index in [1.165, 1.54) is 11.6 Å². The van der Waals surface area contributed by atoms with E-state index < -0.39 is 17.7 Å². The van der Waals surface area contributed by atoms with Gasteiger partial charge in [-0.15, -0.1) is 5.10 Å². The van der Waals surface area contributed by atoms with Crippen molar-refractivity contribution >= 4 is 18.0 Å². The molecule has 1 aromatic rings. The van der Waals surface area contributed by atoms with Crippen molar-refractivity contribution in [2.24, 2.45) is 0 Å². The molecular weight excluding hydrogens is 306 g/mol. The van der Waals surface area contributed by atoms with Gasteiger partial charge in [0, 0.05) is 13.5 Å². The molecule has 1 aromatic heterocycles. The first-order valence-electron chi connectivity index (χ1n) is 6.97. The van der Waals surface area contributed by atoms with Gasteiger partial charge in [-0.2, -0.15) is 0 Å². The quantitative estimate of drug-likeness (QED) is 0.676. The highest BCUT2D eigenvalue weighted by Crippen LogP contribution is 2.09. The number of nitrogens with zero attached hydrogens (tertiary/aromatic N) is 3. The van der Waals surface area contributed by atoms with Gasteiger partial charge in [-0.05, 0) is 20.8 Å². The van der Waals surface area contributed by atoms with Crippen molar-refractivity contribution in [1.29, 1.82) is 0 Å². The Bertz CT molecular complexity index is 590. The number of alkyl carbamates (subject to hydrolysis) is 1. The van der Waals surface area contributed by atoms with E-state index in [1.54, 1.807) is 20.8 Å². The van der Waals surface area contributed by atoms with Crippen molar-refractivity contribution in [1.82, 2.24) is 25.6 Å². The zero-order valence-corrected chi connectivity index (χ0v) is 13.5. The third-order valence-corrected chi connectivity index (χ3v) is 2.54. The second-order valence-corrected chi connectivity index (χ2v) is 5.75. The lowest BCUT2D eigenvalue weighted by Gasteiger charge is -2.19. The van der Waals surface area contributed by atoms with Crippen LogP contribution in [0, 0.1) is 0 Å². The lowest BCUT2D eigenvalue weighted by molar-refractivity contribution is -0.119. The van der Waals surface area contributed by atoms with E-state index in [4.69, 9.17) is 9.84 Å². The fourth-order valence-corrected chi connectivity index (χ4v) is 1.66. The summed E-state index contributed by atoms with van der Waals surface area (Å²) in [6, 6.07) is 0. The number of carbonyl (C=O) groups excluding carboxylic acids is 2. The predicted molar refractivity (Wildman–Crippen MR) is 78.7 cm³/mol. The fourth-order valence-electron chi connectivity index (χ4n) is 1.66. The van der Waals surface area contributed by atoms with Crippen molar-refractivity contribution in [2.45, 2.75) is 46.4 Å². The minimum Gasteiger partial charge on any atom is -0.476 e. The van der Waals surface area contributed by atoms with Gasteiger partial charge in [-0.25, -0.2) is 14.3 Å². The normalized spacial score (nSPS) is 11.0. The largest absolute Gasteiger partial charge is 0.476 e. The van der Waals surface area contributed by atoms with E-state index in [0.29, 0.717) is 0 Å². The average Bonchev–Trinajstić information content (AvgIpc) is 2.77. The third-order valence-electron chi connectivity index (χ3n) is 2.54. The van der Waals surface area contributed by atoms with Gasteiger partial charge in [0.2, 0.25) is 5.91 Å². The first-order valence-corrected chi connectivity index (χ1v) is 6.97. The van der Waals surface area contributed by atoms with Crippen LogP contribution in [0.2, 0.25) is 0 Å². The highest BCUT2D eigenvalue weighted by atomic mass is 16.6. The summed E-state index contributed by atoms with van der Waals surface area (Å²) in [5.41, 5.74) is -0.707. The molecule has 3 N–H and O–H groups in total. The first kappa shape index (κ1) is 18.4. The van der Waals surface area contributed by atoms with Crippen molar-refractivity contribution in [3.63, 3.8) is 0 Å². The van der Waals surface area contributed by atoms with Crippen LogP contribution in [-0.2, 0) is 22.6 Å². The van der Waals surface area contributed by atoms with E-state index in [2.05, 4.69) is 20.9 Å². The second kappa shape index (κ2) is 7.56. The molecule has 0 unspecified atom stereocenters. The van der Waals surface area contributed by atoms with Crippen LogP contribution < -0.4 is 10.6 Å². The minimum atomic E-state index is -1.25. The number of amides is 2. The van der Waals surface area contributed by atoms with Crippen molar-refractivity contribution in [3.8, 4) is 0 Å². The van der Waals surface area contributed by atoms with Crippen molar-refractivity contribution in [3.05, 3.63) is 11.4 Å². The Labute approximate surface area is 133 Å². The zero-order chi connectivity index (χ0) is 17.6. The third kappa shape index (κ3) is 6.32. The Morgan fingerprint density at radius 1 is 1.26 bits per heavy atom. The van der Waals surface area contributed by atoms with Crippen molar-refractivity contribution in [2.75, 3.05) is 6.54 Å². The molecule has 0 radical (unpaired) electrons. The Morgan fingerprint density at radius 3 is 2.43 bits per heavy atom. The molecule has 10 nitrogen and oxygen atoms in total. The summed E-state index contributed by atoms with van der Waals surface area (Å²) in [7, 11) is 0. The summed E-state index contributed by atoms with van der Waals surface area (Å²) in [5.74, 6) is -1.46. The summed E-state index contributed by atoms with van der Waals surface area (Å²) < 4.78 is 6.40. The van der Waals surface area contributed by atoms with E-state index in [-0.39, 0.29) is 36.9 Å². The number of ether oxygens (including phenoxy) is 1. The molecule has 128 valence electrons. The van der Waals surface area contributed by atoms with Gasteiger partial charge in [0.05, 0.1) is 18.8 Å². The van der Waals surface area contributed by atoms with Gasteiger partial charge in [0.1, 0.15) is 5.60 Å². The predicted octanol–water partition coefficient (Wildman–Crippen LogP) is 0.137. The monoisotopic (exact) mass is 327 g/mol. The molecule has 1 rings (SSSR count). The molecule has 23 heavy (non-hydrogen) atoms. The Hall–Kier alpha value is -2.65. The Balaban J connectivity index is 2.77. The number of nitrogens with one attached hydrogen (secondary N) is 2.